The molecule has 2 amide bonds. The van der Waals surface area contributed by atoms with Gasteiger partial charge in [-0.2, -0.15) is 0 Å². The van der Waals surface area contributed by atoms with E-state index >= 15 is 0 Å². The molecule has 21 heavy (non-hydrogen) atoms. The van der Waals surface area contributed by atoms with Crippen molar-refractivity contribution >= 4 is 22.6 Å². The van der Waals surface area contributed by atoms with E-state index in [2.05, 4.69) is 5.92 Å². The summed E-state index contributed by atoms with van der Waals surface area (Å²) >= 11 is 0. The third-order valence-corrected chi connectivity index (χ3v) is 3.99. The van der Waals surface area contributed by atoms with Crippen LogP contribution >= 0.6 is 0 Å². The van der Waals surface area contributed by atoms with Crippen LogP contribution in [0.2, 0.25) is 0 Å². The zero-order valence-electron chi connectivity index (χ0n) is 11.8. The Kier molecular flexibility index (Phi) is 3.23. The molecule has 104 valence electrons. The first-order valence-corrected chi connectivity index (χ1v) is 7.02. The summed E-state index contributed by atoms with van der Waals surface area (Å²) in [7, 11) is 0. The molecular formula is C18H15NO2. The second-order valence-corrected chi connectivity index (χ2v) is 5.16. The maximum Gasteiger partial charge on any atom is 0.261 e. The molecule has 1 atom stereocenters. The number of carbonyl (C=O) groups excluding carboxylic acids is 2. The number of rotatable bonds is 3. The minimum atomic E-state index is -0.251. The Morgan fingerprint density at radius 2 is 1.67 bits per heavy atom. The predicted octanol–water partition coefficient (Wildman–Crippen LogP) is 3.24. The van der Waals surface area contributed by atoms with Gasteiger partial charge in [-0.1, -0.05) is 31.2 Å². The minimum absolute atomic E-state index is 0.244. The number of amides is 2. The van der Waals surface area contributed by atoms with Crippen molar-refractivity contribution in [2.24, 2.45) is 0 Å². The van der Waals surface area contributed by atoms with E-state index in [1.54, 1.807) is 12.1 Å². The smallest absolute Gasteiger partial charge is 0.261 e. The number of nitrogens with zero attached hydrogens (tertiary/aromatic N) is 1. The van der Waals surface area contributed by atoms with Gasteiger partial charge in [-0.25, -0.2) is 0 Å². The molecule has 0 bridgehead atoms. The van der Waals surface area contributed by atoms with Crippen LogP contribution < -0.4 is 0 Å². The quantitative estimate of drug-likeness (QED) is 0.638. The van der Waals surface area contributed by atoms with Gasteiger partial charge < -0.3 is 0 Å². The maximum absolute atomic E-state index is 12.7. The van der Waals surface area contributed by atoms with E-state index in [1.807, 2.05) is 31.2 Å². The fraction of sp³-hybridized carbons (Fsp3) is 0.222. The van der Waals surface area contributed by atoms with Gasteiger partial charge in [-0.05, 0) is 23.9 Å². The van der Waals surface area contributed by atoms with Crippen LogP contribution in [0.5, 0.6) is 0 Å². The normalized spacial score (nSPS) is 15.1. The Morgan fingerprint density at radius 1 is 1.10 bits per heavy atom. The Hall–Kier alpha value is -2.60. The van der Waals surface area contributed by atoms with Gasteiger partial charge in [0, 0.05) is 22.9 Å². The average molecular weight is 277 g/mol. The molecule has 0 spiro atoms. The van der Waals surface area contributed by atoms with Crippen LogP contribution in [0, 0.1) is 12.3 Å². The van der Waals surface area contributed by atoms with Crippen molar-refractivity contribution in [2.75, 3.05) is 0 Å². The van der Waals surface area contributed by atoms with E-state index in [1.165, 1.54) is 4.90 Å². The number of carbonyl (C=O) groups is 2. The van der Waals surface area contributed by atoms with Gasteiger partial charge in [0.2, 0.25) is 0 Å². The van der Waals surface area contributed by atoms with Gasteiger partial charge in [-0.3, -0.25) is 14.5 Å². The van der Waals surface area contributed by atoms with Crippen molar-refractivity contribution in [3.05, 3.63) is 47.5 Å². The zero-order chi connectivity index (χ0) is 15.0. The standard InChI is InChI=1S/C18H15NO2/c1-3-7-13(4-2)19-17(20)14-10-5-8-12-9-6-11-15(16(12)14)18(19)21/h1,5-6,8-11,13H,4,7H2,2H3. The molecule has 0 fully saturated rings. The van der Waals surface area contributed by atoms with Crippen LogP contribution in [0.4, 0.5) is 0 Å². The highest BCUT2D eigenvalue weighted by molar-refractivity contribution is 6.25. The van der Waals surface area contributed by atoms with Crippen LogP contribution in [-0.2, 0) is 0 Å². The molecule has 3 heteroatoms. The van der Waals surface area contributed by atoms with Crippen molar-refractivity contribution < 1.29 is 9.59 Å². The molecular weight excluding hydrogens is 262 g/mol. The summed E-state index contributed by atoms with van der Waals surface area (Å²) in [6.45, 7) is 1.93. The lowest BCUT2D eigenvalue weighted by Crippen LogP contribution is -2.46. The molecule has 0 radical (unpaired) electrons. The molecule has 1 unspecified atom stereocenters. The van der Waals surface area contributed by atoms with Crippen molar-refractivity contribution in [3.8, 4) is 12.3 Å². The Balaban J connectivity index is 2.22. The summed E-state index contributed by atoms with van der Waals surface area (Å²) in [4.78, 5) is 26.8. The summed E-state index contributed by atoms with van der Waals surface area (Å²) in [5.41, 5.74) is 1.16. The first-order valence-electron chi connectivity index (χ1n) is 7.02. The van der Waals surface area contributed by atoms with E-state index in [-0.39, 0.29) is 17.9 Å². The number of terminal acetylenes is 1. The van der Waals surface area contributed by atoms with E-state index < -0.39 is 0 Å². The first-order chi connectivity index (χ1) is 10.2. The molecule has 0 N–H and O–H groups in total. The van der Waals surface area contributed by atoms with Crippen LogP contribution in [0.15, 0.2) is 36.4 Å². The Morgan fingerprint density at radius 3 is 2.14 bits per heavy atom. The highest BCUT2D eigenvalue weighted by Crippen LogP contribution is 2.31. The van der Waals surface area contributed by atoms with Crippen molar-refractivity contribution in [1.29, 1.82) is 0 Å². The third-order valence-electron chi connectivity index (χ3n) is 3.99. The lowest BCUT2D eigenvalue weighted by atomic mass is 9.92. The molecule has 1 aliphatic heterocycles. The predicted molar refractivity (Wildman–Crippen MR) is 82.0 cm³/mol. The fourth-order valence-electron chi connectivity index (χ4n) is 2.94. The SMILES string of the molecule is C#CCC(CC)N1C(=O)c2cccc3cccc(c23)C1=O. The van der Waals surface area contributed by atoms with Gasteiger partial charge in [0.05, 0.1) is 6.04 Å². The number of hydrogen-bond acceptors (Lipinski definition) is 2. The third kappa shape index (κ3) is 1.92. The molecule has 0 saturated carbocycles. The number of imide groups is 1. The van der Waals surface area contributed by atoms with Crippen molar-refractivity contribution in [3.63, 3.8) is 0 Å². The molecule has 0 aromatic heterocycles. The van der Waals surface area contributed by atoms with Crippen molar-refractivity contribution in [1.82, 2.24) is 4.90 Å². The van der Waals surface area contributed by atoms with E-state index in [9.17, 15) is 9.59 Å². The summed E-state index contributed by atoms with van der Waals surface area (Å²) < 4.78 is 0. The molecule has 3 rings (SSSR count). The average Bonchev–Trinajstić information content (AvgIpc) is 2.51. The van der Waals surface area contributed by atoms with Gasteiger partial charge in [0.1, 0.15) is 0 Å². The number of hydrogen-bond donors (Lipinski definition) is 0. The lowest BCUT2D eigenvalue weighted by molar-refractivity contribution is 0.0537. The van der Waals surface area contributed by atoms with Crippen LogP contribution in [0.25, 0.3) is 10.8 Å². The van der Waals surface area contributed by atoms with Gasteiger partial charge >= 0.3 is 0 Å². The van der Waals surface area contributed by atoms with Crippen molar-refractivity contribution in [2.45, 2.75) is 25.8 Å². The van der Waals surface area contributed by atoms with E-state index in [0.717, 1.165) is 10.8 Å². The molecule has 0 saturated heterocycles. The monoisotopic (exact) mass is 277 g/mol. The summed E-state index contributed by atoms with van der Waals surface area (Å²) in [6.07, 6.45) is 6.41. The van der Waals surface area contributed by atoms with E-state index in [4.69, 9.17) is 6.42 Å². The van der Waals surface area contributed by atoms with E-state index in [0.29, 0.717) is 24.0 Å². The molecule has 1 heterocycles. The maximum atomic E-state index is 12.7. The minimum Gasteiger partial charge on any atom is -0.270 e. The molecule has 3 nitrogen and oxygen atoms in total. The van der Waals surface area contributed by atoms with Gasteiger partial charge in [0.15, 0.2) is 0 Å². The number of benzene rings is 2. The van der Waals surface area contributed by atoms with Gasteiger partial charge in [0.25, 0.3) is 11.8 Å². The topological polar surface area (TPSA) is 37.4 Å². The highest BCUT2D eigenvalue weighted by Gasteiger charge is 2.36. The highest BCUT2D eigenvalue weighted by atomic mass is 16.2. The molecule has 1 aliphatic rings. The Labute approximate surface area is 123 Å². The van der Waals surface area contributed by atoms with Gasteiger partial charge in [-0.15, -0.1) is 12.3 Å². The summed E-state index contributed by atoms with van der Waals surface area (Å²) in [6, 6.07) is 10.8. The molecule has 2 aromatic carbocycles. The second-order valence-electron chi connectivity index (χ2n) is 5.16. The zero-order valence-corrected chi connectivity index (χ0v) is 11.8. The van der Waals surface area contributed by atoms with Crippen LogP contribution in [0.1, 0.15) is 40.5 Å². The second kappa shape index (κ2) is 5.06. The largest absolute Gasteiger partial charge is 0.270 e. The van der Waals surface area contributed by atoms with Crippen LogP contribution in [0.3, 0.4) is 0 Å². The fourth-order valence-corrected chi connectivity index (χ4v) is 2.94. The first kappa shape index (κ1) is 13.4. The van der Waals surface area contributed by atoms with Crippen LogP contribution in [-0.4, -0.2) is 22.8 Å². The Bertz CT molecular complexity index is 735. The molecule has 2 aromatic rings. The molecule has 0 aliphatic carbocycles. The summed E-state index contributed by atoms with van der Waals surface area (Å²) in [5.74, 6) is 2.07. The lowest BCUT2D eigenvalue weighted by Gasteiger charge is -2.32. The summed E-state index contributed by atoms with van der Waals surface area (Å²) in [5, 5.41) is 1.66.